The van der Waals surface area contributed by atoms with Gasteiger partial charge in [0, 0.05) is 18.6 Å². The lowest BCUT2D eigenvalue weighted by Gasteiger charge is -2.18. The molecule has 0 saturated heterocycles. The Morgan fingerprint density at radius 1 is 0.950 bits per heavy atom. The van der Waals surface area contributed by atoms with Gasteiger partial charge >= 0.3 is 0 Å². The van der Waals surface area contributed by atoms with Gasteiger partial charge in [0.25, 0.3) is 0 Å². The zero-order chi connectivity index (χ0) is 13.8. The SMILES string of the molecule is CNC(c1ccncc1)c1ccnn1-c1ccccc1. The third kappa shape index (κ3) is 2.33. The van der Waals surface area contributed by atoms with Crippen LogP contribution in [0.25, 0.3) is 5.69 Å². The van der Waals surface area contributed by atoms with Crippen LogP contribution in [0, 0.1) is 0 Å². The second-order valence-electron chi connectivity index (χ2n) is 4.51. The van der Waals surface area contributed by atoms with E-state index in [0.717, 1.165) is 11.4 Å². The normalized spacial score (nSPS) is 12.2. The minimum atomic E-state index is 0.0840. The van der Waals surface area contributed by atoms with Crippen LogP contribution < -0.4 is 5.32 Å². The van der Waals surface area contributed by atoms with Crippen LogP contribution >= 0.6 is 0 Å². The number of pyridine rings is 1. The quantitative estimate of drug-likeness (QED) is 0.787. The van der Waals surface area contributed by atoms with Crippen LogP contribution in [-0.2, 0) is 0 Å². The average Bonchev–Trinajstić information content (AvgIpc) is 2.99. The fourth-order valence-corrected chi connectivity index (χ4v) is 2.36. The fourth-order valence-electron chi connectivity index (χ4n) is 2.36. The van der Waals surface area contributed by atoms with E-state index in [-0.39, 0.29) is 6.04 Å². The summed E-state index contributed by atoms with van der Waals surface area (Å²) in [5.74, 6) is 0. The molecule has 1 N–H and O–H groups in total. The Labute approximate surface area is 118 Å². The molecule has 20 heavy (non-hydrogen) atoms. The Bertz CT molecular complexity index is 661. The standard InChI is InChI=1S/C16H16N4/c1-17-16(13-7-10-18-11-8-13)15-9-12-19-20(15)14-5-3-2-4-6-14/h2-12,16-17H,1H3. The molecule has 4 heteroatoms. The van der Waals surface area contributed by atoms with Crippen molar-refractivity contribution in [3.05, 3.63) is 78.4 Å². The molecule has 1 atom stereocenters. The van der Waals surface area contributed by atoms with Crippen molar-refractivity contribution in [3.63, 3.8) is 0 Å². The molecule has 0 aliphatic rings. The van der Waals surface area contributed by atoms with Crippen molar-refractivity contribution >= 4 is 0 Å². The second kappa shape index (κ2) is 5.67. The molecule has 0 amide bonds. The van der Waals surface area contributed by atoms with Gasteiger partial charge in [-0.3, -0.25) is 4.98 Å². The number of para-hydroxylation sites is 1. The van der Waals surface area contributed by atoms with E-state index >= 15 is 0 Å². The van der Waals surface area contributed by atoms with Crippen LogP contribution in [-0.4, -0.2) is 21.8 Å². The molecule has 3 aromatic rings. The lowest BCUT2D eigenvalue weighted by molar-refractivity contribution is 0.637. The largest absolute Gasteiger partial charge is 0.308 e. The van der Waals surface area contributed by atoms with Crippen molar-refractivity contribution in [1.82, 2.24) is 20.1 Å². The Hall–Kier alpha value is -2.46. The predicted octanol–water partition coefficient (Wildman–Crippen LogP) is 2.58. The highest BCUT2D eigenvalue weighted by Crippen LogP contribution is 2.23. The van der Waals surface area contributed by atoms with Gasteiger partial charge in [0.15, 0.2) is 0 Å². The van der Waals surface area contributed by atoms with Crippen LogP contribution in [0.2, 0.25) is 0 Å². The Morgan fingerprint density at radius 3 is 2.40 bits per heavy atom. The topological polar surface area (TPSA) is 42.7 Å². The minimum absolute atomic E-state index is 0.0840. The molecule has 0 radical (unpaired) electrons. The van der Waals surface area contributed by atoms with E-state index in [1.165, 1.54) is 5.56 Å². The molecule has 0 bridgehead atoms. The number of nitrogens with zero attached hydrogens (tertiary/aromatic N) is 3. The van der Waals surface area contributed by atoms with E-state index in [1.54, 1.807) is 0 Å². The summed E-state index contributed by atoms with van der Waals surface area (Å²) >= 11 is 0. The smallest absolute Gasteiger partial charge is 0.0751 e. The summed E-state index contributed by atoms with van der Waals surface area (Å²) in [6.45, 7) is 0. The summed E-state index contributed by atoms with van der Waals surface area (Å²) < 4.78 is 1.96. The summed E-state index contributed by atoms with van der Waals surface area (Å²) in [6.07, 6.45) is 5.44. The molecule has 0 aliphatic carbocycles. The summed E-state index contributed by atoms with van der Waals surface area (Å²) in [5.41, 5.74) is 3.33. The van der Waals surface area contributed by atoms with Gasteiger partial charge in [-0.2, -0.15) is 5.10 Å². The van der Waals surface area contributed by atoms with Crippen molar-refractivity contribution in [3.8, 4) is 5.69 Å². The summed E-state index contributed by atoms with van der Waals surface area (Å²) in [6, 6.07) is 16.3. The van der Waals surface area contributed by atoms with E-state index in [1.807, 2.05) is 66.7 Å². The monoisotopic (exact) mass is 264 g/mol. The van der Waals surface area contributed by atoms with Crippen LogP contribution in [0.3, 0.4) is 0 Å². The number of hydrogen-bond acceptors (Lipinski definition) is 3. The van der Waals surface area contributed by atoms with Crippen LogP contribution in [0.4, 0.5) is 0 Å². The zero-order valence-corrected chi connectivity index (χ0v) is 11.3. The van der Waals surface area contributed by atoms with Gasteiger partial charge in [-0.1, -0.05) is 18.2 Å². The minimum Gasteiger partial charge on any atom is -0.308 e. The molecule has 100 valence electrons. The third-order valence-electron chi connectivity index (χ3n) is 3.30. The van der Waals surface area contributed by atoms with Crippen LogP contribution in [0.15, 0.2) is 67.1 Å². The maximum Gasteiger partial charge on any atom is 0.0751 e. The number of aromatic nitrogens is 3. The highest BCUT2D eigenvalue weighted by molar-refractivity contribution is 5.36. The van der Waals surface area contributed by atoms with Gasteiger partial charge in [0.05, 0.1) is 17.4 Å². The summed E-state index contributed by atoms with van der Waals surface area (Å²) in [7, 11) is 1.95. The first-order valence-electron chi connectivity index (χ1n) is 6.56. The molecular weight excluding hydrogens is 248 g/mol. The number of benzene rings is 1. The third-order valence-corrected chi connectivity index (χ3v) is 3.30. The first-order chi connectivity index (χ1) is 9.90. The molecule has 2 aromatic heterocycles. The van der Waals surface area contributed by atoms with Gasteiger partial charge in [-0.25, -0.2) is 4.68 Å². The predicted molar refractivity (Wildman–Crippen MR) is 78.7 cm³/mol. The highest BCUT2D eigenvalue weighted by atomic mass is 15.3. The number of rotatable bonds is 4. The van der Waals surface area contributed by atoms with Gasteiger partial charge in [0.1, 0.15) is 0 Å². The molecule has 2 heterocycles. The van der Waals surface area contributed by atoms with E-state index in [4.69, 9.17) is 0 Å². The number of nitrogens with one attached hydrogen (secondary N) is 1. The zero-order valence-electron chi connectivity index (χ0n) is 11.3. The maximum absolute atomic E-state index is 4.44. The average molecular weight is 264 g/mol. The van der Waals surface area contributed by atoms with E-state index < -0.39 is 0 Å². The van der Waals surface area contributed by atoms with Gasteiger partial charge in [-0.05, 0) is 42.9 Å². The molecule has 1 aromatic carbocycles. The van der Waals surface area contributed by atoms with Gasteiger partial charge in [-0.15, -0.1) is 0 Å². The maximum atomic E-state index is 4.44. The van der Waals surface area contributed by atoms with Gasteiger partial charge in [0.2, 0.25) is 0 Å². The molecule has 0 aliphatic heterocycles. The van der Waals surface area contributed by atoms with Crippen molar-refractivity contribution in [2.45, 2.75) is 6.04 Å². The first-order valence-corrected chi connectivity index (χ1v) is 6.56. The molecular formula is C16H16N4. The van der Waals surface area contributed by atoms with Crippen molar-refractivity contribution in [2.75, 3.05) is 7.05 Å². The molecule has 1 unspecified atom stereocenters. The number of hydrogen-bond donors (Lipinski definition) is 1. The van der Waals surface area contributed by atoms with E-state index in [9.17, 15) is 0 Å². The van der Waals surface area contributed by atoms with Crippen molar-refractivity contribution < 1.29 is 0 Å². The second-order valence-corrected chi connectivity index (χ2v) is 4.51. The van der Waals surface area contributed by atoms with Crippen LogP contribution in [0.1, 0.15) is 17.3 Å². The Balaban J connectivity index is 2.04. The van der Waals surface area contributed by atoms with Crippen molar-refractivity contribution in [1.29, 1.82) is 0 Å². The first kappa shape index (κ1) is 12.6. The van der Waals surface area contributed by atoms with Crippen LogP contribution in [0.5, 0.6) is 0 Å². The fraction of sp³-hybridized carbons (Fsp3) is 0.125. The van der Waals surface area contributed by atoms with E-state index in [2.05, 4.69) is 27.5 Å². The summed E-state index contributed by atoms with van der Waals surface area (Å²) in [4.78, 5) is 4.07. The molecule has 0 spiro atoms. The molecule has 0 fully saturated rings. The summed E-state index contributed by atoms with van der Waals surface area (Å²) in [5, 5.41) is 7.78. The molecule has 3 rings (SSSR count). The molecule has 0 saturated carbocycles. The van der Waals surface area contributed by atoms with E-state index in [0.29, 0.717) is 0 Å². The Kier molecular flexibility index (Phi) is 3.56. The lowest BCUT2D eigenvalue weighted by Crippen LogP contribution is -2.21. The van der Waals surface area contributed by atoms with Gasteiger partial charge < -0.3 is 5.32 Å². The molecule has 4 nitrogen and oxygen atoms in total. The lowest BCUT2D eigenvalue weighted by atomic mass is 10.1. The highest BCUT2D eigenvalue weighted by Gasteiger charge is 2.17. The van der Waals surface area contributed by atoms with Crippen molar-refractivity contribution in [2.24, 2.45) is 0 Å². The Morgan fingerprint density at radius 2 is 1.70 bits per heavy atom.